The number of nitrogens with two attached hydrogens (primary N) is 1. The molecule has 1 aromatic carbocycles. The third-order valence-electron chi connectivity index (χ3n) is 7.13. The molecular formula is C26H37N5O3. The second-order valence-electron chi connectivity index (χ2n) is 11.0. The summed E-state index contributed by atoms with van der Waals surface area (Å²) in [6, 6.07) is 10.4. The lowest BCUT2D eigenvalue weighted by Gasteiger charge is -2.53. The number of aromatic nitrogens is 2. The van der Waals surface area contributed by atoms with Crippen LogP contribution < -0.4 is 16.7 Å². The van der Waals surface area contributed by atoms with Gasteiger partial charge in [0.1, 0.15) is 11.4 Å². The van der Waals surface area contributed by atoms with Crippen LogP contribution in [0.15, 0.2) is 41.3 Å². The van der Waals surface area contributed by atoms with Gasteiger partial charge in [0.05, 0.1) is 5.69 Å². The number of anilines is 1. The largest absolute Gasteiger partial charge is 0.444 e. The summed E-state index contributed by atoms with van der Waals surface area (Å²) in [5.41, 5.74) is 7.15. The number of carbonyl (C=O) groups is 1. The molecule has 1 aliphatic carbocycles. The first-order valence-corrected chi connectivity index (χ1v) is 12.2. The van der Waals surface area contributed by atoms with Crippen molar-refractivity contribution in [2.75, 3.05) is 18.8 Å². The maximum absolute atomic E-state index is 12.1. The summed E-state index contributed by atoms with van der Waals surface area (Å²) in [4.78, 5) is 30.4. The number of alkyl carbamates (subject to hydrolysis) is 1. The van der Waals surface area contributed by atoms with E-state index in [1.165, 1.54) is 23.0 Å². The van der Waals surface area contributed by atoms with Crippen molar-refractivity contribution in [1.29, 1.82) is 0 Å². The zero-order valence-electron chi connectivity index (χ0n) is 20.7. The summed E-state index contributed by atoms with van der Waals surface area (Å²) < 4.78 is 6.88. The molecule has 1 unspecified atom stereocenters. The van der Waals surface area contributed by atoms with E-state index in [-0.39, 0.29) is 23.6 Å². The Labute approximate surface area is 201 Å². The van der Waals surface area contributed by atoms with Gasteiger partial charge >= 0.3 is 11.8 Å². The lowest BCUT2D eigenvalue weighted by Crippen LogP contribution is -2.56. The number of rotatable bonds is 5. The summed E-state index contributed by atoms with van der Waals surface area (Å²) >= 11 is 0. The van der Waals surface area contributed by atoms with Crippen LogP contribution in [-0.2, 0) is 11.2 Å². The fourth-order valence-corrected chi connectivity index (χ4v) is 5.28. The van der Waals surface area contributed by atoms with Gasteiger partial charge in [-0.1, -0.05) is 12.1 Å². The molecule has 2 aromatic rings. The molecule has 2 heterocycles. The summed E-state index contributed by atoms with van der Waals surface area (Å²) in [6.07, 6.45) is 6.77. The normalized spacial score (nSPS) is 19.4. The molecule has 3 N–H and O–H groups in total. The molecule has 8 heteroatoms. The molecule has 1 aliphatic heterocycles. The molecule has 0 radical (unpaired) electrons. The molecule has 0 bridgehead atoms. The summed E-state index contributed by atoms with van der Waals surface area (Å²) in [7, 11) is 0. The third-order valence-corrected chi connectivity index (χ3v) is 7.13. The van der Waals surface area contributed by atoms with Gasteiger partial charge in [0.25, 0.3) is 0 Å². The van der Waals surface area contributed by atoms with E-state index in [9.17, 15) is 9.59 Å². The Morgan fingerprint density at radius 2 is 1.85 bits per heavy atom. The number of benzene rings is 1. The minimum Gasteiger partial charge on any atom is -0.444 e. The molecule has 1 aromatic heterocycles. The first-order valence-electron chi connectivity index (χ1n) is 12.2. The highest BCUT2D eigenvalue weighted by Crippen LogP contribution is 2.49. The molecule has 1 saturated carbocycles. The van der Waals surface area contributed by atoms with E-state index >= 15 is 0 Å². The molecular weight excluding hydrogens is 430 g/mol. The highest BCUT2D eigenvalue weighted by Gasteiger charge is 2.46. The zero-order chi connectivity index (χ0) is 24.5. The van der Waals surface area contributed by atoms with Crippen LogP contribution in [0, 0.1) is 5.41 Å². The Kier molecular flexibility index (Phi) is 6.71. The Morgan fingerprint density at radius 1 is 1.21 bits per heavy atom. The first-order chi connectivity index (χ1) is 16.0. The molecule has 34 heavy (non-hydrogen) atoms. The minimum absolute atomic E-state index is 0.228. The van der Waals surface area contributed by atoms with Gasteiger partial charge in [0.15, 0.2) is 0 Å². The number of piperidine rings is 1. The number of likely N-dealkylation sites (tertiary alicyclic amines) is 1. The number of hydrogen-bond acceptors (Lipinski definition) is 6. The van der Waals surface area contributed by atoms with Crippen molar-refractivity contribution in [3.8, 4) is 5.69 Å². The average Bonchev–Trinajstić information content (AvgIpc) is 2.72. The fraction of sp³-hybridized carbons (Fsp3) is 0.577. The summed E-state index contributed by atoms with van der Waals surface area (Å²) in [5.74, 6) is 0.228. The lowest BCUT2D eigenvalue weighted by atomic mass is 9.60. The van der Waals surface area contributed by atoms with Gasteiger partial charge < -0.3 is 20.7 Å². The molecule has 4 rings (SSSR count). The minimum atomic E-state index is -0.460. The van der Waals surface area contributed by atoms with E-state index < -0.39 is 5.60 Å². The van der Waals surface area contributed by atoms with E-state index in [1.54, 1.807) is 12.3 Å². The maximum Gasteiger partial charge on any atom is 0.407 e. The van der Waals surface area contributed by atoms with E-state index in [2.05, 4.69) is 34.3 Å². The van der Waals surface area contributed by atoms with Crippen LogP contribution in [0.5, 0.6) is 0 Å². The van der Waals surface area contributed by atoms with Crippen LogP contribution in [0.4, 0.5) is 10.6 Å². The molecule has 1 amide bonds. The monoisotopic (exact) mass is 467 g/mol. The van der Waals surface area contributed by atoms with E-state index in [0.29, 0.717) is 11.5 Å². The number of amides is 1. The van der Waals surface area contributed by atoms with Crippen LogP contribution >= 0.6 is 0 Å². The molecule has 1 atom stereocenters. The van der Waals surface area contributed by atoms with Gasteiger partial charge in [-0.25, -0.2) is 9.59 Å². The van der Waals surface area contributed by atoms with Gasteiger partial charge in [0.2, 0.25) is 0 Å². The summed E-state index contributed by atoms with van der Waals surface area (Å²) in [5, 5.41) is 3.03. The number of ether oxygens (including phenoxy) is 1. The number of nitrogens with zero attached hydrogens (tertiary/aromatic N) is 3. The van der Waals surface area contributed by atoms with Crippen LogP contribution in [0.1, 0.15) is 58.9 Å². The van der Waals surface area contributed by atoms with Crippen LogP contribution in [0.25, 0.3) is 5.69 Å². The van der Waals surface area contributed by atoms with Gasteiger partial charge in [0, 0.05) is 18.3 Å². The predicted octanol–water partition coefficient (Wildman–Crippen LogP) is 3.52. The van der Waals surface area contributed by atoms with Gasteiger partial charge in [-0.05, 0) is 102 Å². The van der Waals surface area contributed by atoms with Crippen molar-refractivity contribution in [2.45, 2.75) is 77.5 Å². The second-order valence-corrected chi connectivity index (χ2v) is 11.0. The standard InChI is InChI=1S/C26H37N5O3/c1-18(15-19-5-7-21(8-6-19)31-12-9-22(27)29-23(31)32)30-13-10-26(11-14-30)16-20(17-26)28-24(33)34-25(2,3)4/h5-9,12,18,20H,10-11,13-17H2,1-4H3,(H,28,33)(H2,27,29,32). The van der Waals surface area contributed by atoms with Crippen molar-refractivity contribution >= 4 is 11.9 Å². The molecule has 1 saturated heterocycles. The van der Waals surface area contributed by atoms with Gasteiger partial charge in [-0.2, -0.15) is 4.98 Å². The summed E-state index contributed by atoms with van der Waals surface area (Å²) in [6.45, 7) is 10.1. The molecule has 1 spiro atoms. The topological polar surface area (TPSA) is 102 Å². The number of nitrogens with one attached hydrogen (secondary N) is 1. The van der Waals surface area contributed by atoms with Crippen LogP contribution in [0.2, 0.25) is 0 Å². The van der Waals surface area contributed by atoms with Gasteiger partial charge in [-0.3, -0.25) is 4.57 Å². The van der Waals surface area contributed by atoms with E-state index in [0.717, 1.165) is 38.0 Å². The van der Waals surface area contributed by atoms with Crippen molar-refractivity contribution in [1.82, 2.24) is 19.8 Å². The third kappa shape index (κ3) is 5.78. The first kappa shape index (κ1) is 24.3. The number of carbonyl (C=O) groups excluding carboxylic acids is 1. The van der Waals surface area contributed by atoms with E-state index in [1.807, 2.05) is 32.9 Å². The Bertz CT molecular complexity index is 1060. The maximum atomic E-state index is 12.1. The molecule has 184 valence electrons. The van der Waals surface area contributed by atoms with Crippen molar-refractivity contribution < 1.29 is 9.53 Å². The van der Waals surface area contributed by atoms with E-state index in [4.69, 9.17) is 10.5 Å². The van der Waals surface area contributed by atoms with Crippen molar-refractivity contribution in [2.24, 2.45) is 5.41 Å². The quantitative estimate of drug-likeness (QED) is 0.698. The van der Waals surface area contributed by atoms with Crippen molar-refractivity contribution in [3.63, 3.8) is 0 Å². The van der Waals surface area contributed by atoms with Crippen LogP contribution in [-0.4, -0.2) is 51.3 Å². The zero-order valence-corrected chi connectivity index (χ0v) is 20.7. The van der Waals surface area contributed by atoms with Crippen LogP contribution in [0.3, 0.4) is 0 Å². The lowest BCUT2D eigenvalue weighted by molar-refractivity contribution is -0.0106. The van der Waals surface area contributed by atoms with Crippen molar-refractivity contribution in [3.05, 3.63) is 52.6 Å². The Hall–Kier alpha value is -2.87. The number of hydrogen-bond donors (Lipinski definition) is 2. The second kappa shape index (κ2) is 9.41. The average molecular weight is 468 g/mol. The number of nitrogen functional groups attached to an aromatic ring is 1. The molecule has 8 nitrogen and oxygen atoms in total. The highest BCUT2D eigenvalue weighted by atomic mass is 16.6. The predicted molar refractivity (Wildman–Crippen MR) is 133 cm³/mol. The highest BCUT2D eigenvalue weighted by molar-refractivity contribution is 5.68. The van der Waals surface area contributed by atoms with Gasteiger partial charge in [-0.15, -0.1) is 0 Å². The Balaban J connectivity index is 1.24. The molecule has 2 aliphatic rings. The Morgan fingerprint density at radius 3 is 2.44 bits per heavy atom. The SMILES string of the molecule is CC(Cc1ccc(-n2ccc(N)nc2=O)cc1)N1CCC2(CC1)CC(NC(=O)OC(C)(C)C)C2. The fourth-order valence-electron chi connectivity index (χ4n) is 5.28. The smallest absolute Gasteiger partial charge is 0.407 e. The molecule has 2 fully saturated rings.